The number of aromatic amines is 1. The maximum absolute atomic E-state index is 12.0. The van der Waals surface area contributed by atoms with E-state index < -0.39 is 0 Å². The Kier molecular flexibility index (Phi) is 3.00. The molecule has 0 saturated heterocycles. The molecule has 0 spiro atoms. The van der Waals surface area contributed by atoms with Gasteiger partial charge in [0.05, 0.1) is 17.6 Å². The van der Waals surface area contributed by atoms with Gasteiger partial charge >= 0.3 is 0 Å². The van der Waals surface area contributed by atoms with Crippen LogP contribution in [0.3, 0.4) is 0 Å². The van der Waals surface area contributed by atoms with Crippen LogP contribution in [0.25, 0.3) is 11.3 Å². The number of nitrogens with one attached hydrogen (secondary N) is 2. The summed E-state index contributed by atoms with van der Waals surface area (Å²) in [7, 11) is 1.78. The number of anilines is 1. The zero-order valence-corrected chi connectivity index (χ0v) is 10.7. The van der Waals surface area contributed by atoms with Crippen LogP contribution in [-0.2, 0) is 7.05 Å². The molecule has 0 radical (unpaired) electrons. The lowest BCUT2D eigenvalue weighted by molar-refractivity contribution is 0.102. The van der Waals surface area contributed by atoms with E-state index in [0.29, 0.717) is 17.1 Å². The molecule has 0 aliphatic carbocycles. The van der Waals surface area contributed by atoms with Gasteiger partial charge in [0.25, 0.3) is 5.91 Å². The minimum absolute atomic E-state index is 0.263. The lowest BCUT2D eigenvalue weighted by Crippen LogP contribution is -2.11. The topological polar surface area (TPSA) is 88.5 Å². The first-order chi connectivity index (χ1) is 9.72. The van der Waals surface area contributed by atoms with Crippen molar-refractivity contribution in [2.24, 2.45) is 7.05 Å². The highest BCUT2D eigenvalue weighted by Crippen LogP contribution is 2.16. The summed E-state index contributed by atoms with van der Waals surface area (Å²) < 4.78 is 1.61. The Morgan fingerprint density at radius 1 is 1.40 bits per heavy atom. The summed E-state index contributed by atoms with van der Waals surface area (Å²) in [4.78, 5) is 16.1. The summed E-state index contributed by atoms with van der Waals surface area (Å²) in [6, 6.07) is 5.38. The zero-order valence-electron chi connectivity index (χ0n) is 10.7. The molecule has 2 N–H and O–H groups in total. The van der Waals surface area contributed by atoms with E-state index in [9.17, 15) is 4.79 Å². The smallest absolute Gasteiger partial charge is 0.273 e. The molecule has 20 heavy (non-hydrogen) atoms. The molecule has 0 aliphatic heterocycles. The van der Waals surface area contributed by atoms with E-state index in [0.717, 1.165) is 5.56 Å². The number of amides is 1. The summed E-state index contributed by atoms with van der Waals surface area (Å²) in [5, 5.41) is 13.5. The van der Waals surface area contributed by atoms with Crippen molar-refractivity contribution in [3.8, 4) is 11.3 Å². The van der Waals surface area contributed by atoms with Gasteiger partial charge in [-0.05, 0) is 18.2 Å². The number of nitrogens with zero attached hydrogens (tertiary/aromatic N) is 4. The van der Waals surface area contributed by atoms with E-state index in [2.05, 4.69) is 25.6 Å². The Labute approximate surface area is 114 Å². The number of carbonyl (C=O) groups excluding carboxylic acids is 1. The molecule has 0 saturated carbocycles. The van der Waals surface area contributed by atoms with Crippen molar-refractivity contribution in [2.75, 3.05) is 5.32 Å². The van der Waals surface area contributed by atoms with Gasteiger partial charge < -0.3 is 5.32 Å². The van der Waals surface area contributed by atoms with E-state index in [1.54, 1.807) is 42.6 Å². The van der Waals surface area contributed by atoms with E-state index in [-0.39, 0.29) is 5.91 Å². The van der Waals surface area contributed by atoms with Gasteiger partial charge in [-0.15, -0.1) is 0 Å². The summed E-state index contributed by atoms with van der Waals surface area (Å²) in [5.41, 5.74) is 2.54. The minimum Gasteiger partial charge on any atom is -0.318 e. The molecule has 0 bridgehead atoms. The van der Waals surface area contributed by atoms with Gasteiger partial charge in [-0.1, -0.05) is 0 Å². The summed E-state index contributed by atoms with van der Waals surface area (Å²) in [6.45, 7) is 0. The molecule has 3 rings (SSSR count). The lowest BCUT2D eigenvalue weighted by atomic mass is 10.2. The third kappa shape index (κ3) is 2.41. The van der Waals surface area contributed by atoms with Gasteiger partial charge in [0.2, 0.25) is 0 Å². The second kappa shape index (κ2) is 4.96. The number of aryl methyl sites for hydroxylation is 1. The number of rotatable bonds is 3. The fraction of sp³-hybridized carbons (Fsp3) is 0.0769. The van der Waals surface area contributed by atoms with Crippen molar-refractivity contribution in [2.45, 2.75) is 0 Å². The normalized spacial score (nSPS) is 10.4. The van der Waals surface area contributed by atoms with Crippen LogP contribution in [0.1, 0.15) is 10.5 Å². The first-order valence-corrected chi connectivity index (χ1v) is 5.98. The molecule has 1 amide bonds. The van der Waals surface area contributed by atoms with Crippen molar-refractivity contribution in [3.63, 3.8) is 0 Å². The monoisotopic (exact) mass is 268 g/mol. The van der Waals surface area contributed by atoms with Crippen LogP contribution in [-0.4, -0.2) is 30.9 Å². The molecule has 0 aromatic carbocycles. The maximum Gasteiger partial charge on any atom is 0.273 e. The molecule has 100 valence electrons. The standard InChI is InChI=1S/C13H12N6O/c1-19-8-10(7-15-19)16-13(20)12-5-11(17-18-12)9-3-2-4-14-6-9/h2-8H,1H3,(H,16,20)(H,17,18). The number of hydrogen-bond donors (Lipinski definition) is 2. The molecule has 0 aliphatic rings. The van der Waals surface area contributed by atoms with Gasteiger partial charge in [-0.3, -0.25) is 19.6 Å². The van der Waals surface area contributed by atoms with E-state index in [4.69, 9.17) is 0 Å². The quantitative estimate of drug-likeness (QED) is 0.752. The fourth-order valence-corrected chi connectivity index (χ4v) is 1.78. The van der Waals surface area contributed by atoms with Gasteiger partial charge in [0, 0.05) is 31.2 Å². The van der Waals surface area contributed by atoms with Crippen molar-refractivity contribution in [1.29, 1.82) is 0 Å². The predicted octanol–water partition coefficient (Wildman–Crippen LogP) is 1.46. The molecular formula is C13H12N6O. The van der Waals surface area contributed by atoms with E-state index in [1.807, 2.05) is 12.1 Å². The van der Waals surface area contributed by atoms with Crippen LogP contribution in [0.5, 0.6) is 0 Å². The molecule has 0 fully saturated rings. The zero-order chi connectivity index (χ0) is 13.9. The number of carbonyl (C=O) groups is 1. The van der Waals surface area contributed by atoms with Crippen LogP contribution in [0, 0.1) is 0 Å². The van der Waals surface area contributed by atoms with Crippen LogP contribution < -0.4 is 5.32 Å². The lowest BCUT2D eigenvalue weighted by Gasteiger charge is -1.98. The van der Waals surface area contributed by atoms with E-state index >= 15 is 0 Å². The number of H-pyrrole nitrogens is 1. The van der Waals surface area contributed by atoms with Crippen LogP contribution in [0.2, 0.25) is 0 Å². The van der Waals surface area contributed by atoms with Crippen LogP contribution in [0.15, 0.2) is 43.0 Å². The summed E-state index contributed by atoms with van der Waals surface area (Å²) in [5.74, 6) is -0.263. The molecule has 7 heteroatoms. The molecule has 0 unspecified atom stereocenters. The van der Waals surface area contributed by atoms with Crippen molar-refractivity contribution >= 4 is 11.6 Å². The average Bonchev–Trinajstić information content (AvgIpc) is 3.09. The largest absolute Gasteiger partial charge is 0.318 e. The van der Waals surface area contributed by atoms with Crippen molar-refractivity contribution in [3.05, 3.63) is 48.7 Å². The Hall–Kier alpha value is -2.96. The first-order valence-electron chi connectivity index (χ1n) is 5.98. The molecule has 7 nitrogen and oxygen atoms in total. The highest BCUT2D eigenvalue weighted by Gasteiger charge is 2.11. The SMILES string of the molecule is Cn1cc(NC(=O)c2cc(-c3cccnc3)n[nH]2)cn1. The maximum atomic E-state index is 12.0. The minimum atomic E-state index is -0.263. The second-order valence-corrected chi connectivity index (χ2v) is 4.27. The molecular weight excluding hydrogens is 256 g/mol. The Morgan fingerprint density at radius 2 is 2.30 bits per heavy atom. The van der Waals surface area contributed by atoms with E-state index in [1.165, 1.54) is 0 Å². The summed E-state index contributed by atoms with van der Waals surface area (Å²) >= 11 is 0. The Morgan fingerprint density at radius 3 is 3.00 bits per heavy atom. The summed E-state index contributed by atoms with van der Waals surface area (Å²) in [6.07, 6.45) is 6.68. The van der Waals surface area contributed by atoms with Gasteiger partial charge in [0.1, 0.15) is 5.69 Å². The van der Waals surface area contributed by atoms with Crippen LogP contribution >= 0.6 is 0 Å². The fourth-order valence-electron chi connectivity index (χ4n) is 1.78. The third-order valence-corrected chi connectivity index (χ3v) is 2.74. The Bertz CT molecular complexity index is 730. The number of hydrogen-bond acceptors (Lipinski definition) is 4. The predicted molar refractivity (Wildman–Crippen MR) is 73.0 cm³/mol. The number of aromatic nitrogens is 5. The highest BCUT2D eigenvalue weighted by molar-refractivity contribution is 6.03. The molecule has 3 heterocycles. The average molecular weight is 268 g/mol. The van der Waals surface area contributed by atoms with Crippen molar-refractivity contribution in [1.82, 2.24) is 25.0 Å². The number of pyridine rings is 1. The molecule has 3 aromatic rings. The molecule has 3 aromatic heterocycles. The highest BCUT2D eigenvalue weighted by atomic mass is 16.1. The van der Waals surface area contributed by atoms with Gasteiger partial charge in [0.15, 0.2) is 0 Å². The Balaban J connectivity index is 1.78. The third-order valence-electron chi connectivity index (χ3n) is 2.74. The molecule has 0 atom stereocenters. The van der Waals surface area contributed by atoms with Crippen molar-refractivity contribution < 1.29 is 4.79 Å². The van der Waals surface area contributed by atoms with Crippen LogP contribution in [0.4, 0.5) is 5.69 Å². The second-order valence-electron chi connectivity index (χ2n) is 4.27. The first kappa shape index (κ1) is 12.1. The van der Waals surface area contributed by atoms with Gasteiger partial charge in [-0.25, -0.2) is 0 Å². The van der Waals surface area contributed by atoms with Gasteiger partial charge in [-0.2, -0.15) is 10.2 Å².